The molecule has 2 aliphatic rings. The molecule has 2 fully saturated rings. The Balaban J connectivity index is 0.00000156. The Morgan fingerprint density at radius 2 is 1.76 bits per heavy atom. The fraction of sp³-hybridized carbons (Fsp3) is 0.611. The predicted octanol–water partition coefficient (Wildman–Crippen LogP) is 2.25. The molecular weight excluding hydrogens is 361 g/mol. The van der Waals surface area contributed by atoms with Crippen molar-refractivity contribution in [3.63, 3.8) is 0 Å². The summed E-state index contributed by atoms with van der Waals surface area (Å²) >= 11 is 0. The average molecular weight is 390 g/mol. The number of ether oxygens (including phenoxy) is 1. The van der Waals surface area contributed by atoms with Crippen molar-refractivity contribution >= 4 is 30.7 Å². The first-order valence-electron chi connectivity index (χ1n) is 8.68. The van der Waals surface area contributed by atoms with Gasteiger partial charge in [-0.1, -0.05) is 24.3 Å². The molecule has 2 saturated heterocycles. The number of nitrogens with zero attached hydrogens (tertiary/aromatic N) is 1. The van der Waals surface area contributed by atoms with E-state index < -0.39 is 0 Å². The molecule has 0 aliphatic carbocycles. The summed E-state index contributed by atoms with van der Waals surface area (Å²) in [4.78, 5) is 14.6. The zero-order chi connectivity index (χ0) is 16.1. The molecule has 142 valence electrons. The number of rotatable bonds is 6. The van der Waals surface area contributed by atoms with Crippen LogP contribution in [0.2, 0.25) is 0 Å². The lowest BCUT2D eigenvalue weighted by Gasteiger charge is -2.15. The fourth-order valence-electron chi connectivity index (χ4n) is 3.34. The second kappa shape index (κ2) is 11.0. The third-order valence-electron chi connectivity index (χ3n) is 4.76. The SMILES string of the molecule is Cl.Cl.NC[C@H]1CC[C@@H](C(=O)NCc2ccc(CN3CCCC3)cc2)O1. The van der Waals surface area contributed by atoms with Crippen molar-refractivity contribution in [3.05, 3.63) is 35.4 Å². The highest BCUT2D eigenvalue weighted by Gasteiger charge is 2.29. The number of likely N-dealkylation sites (tertiary alicyclic amines) is 1. The third kappa shape index (κ3) is 6.42. The van der Waals surface area contributed by atoms with Crippen LogP contribution in [0.1, 0.15) is 36.8 Å². The number of benzene rings is 1. The number of carbonyl (C=O) groups excluding carboxylic acids is 1. The zero-order valence-corrected chi connectivity index (χ0v) is 16.1. The molecule has 0 unspecified atom stereocenters. The van der Waals surface area contributed by atoms with Gasteiger partial charge in [-0.05, 0) is 49.9 Å². The van der Waals surface area contributed by atoms with E-state index in [9.17, 15) is 4.79 Å². The summed E-state index contributed by atoms with van der Waals surface area (Å²) < 4.78 is 5.61. The number of halogens is 2. The molecule has 7 heteroatoms. The molecule has 2 atom stereocenters. The Kier molecular flexibility index (Phi) is 9.75. The zero-order valence-electron chi connectivity index (χ0n) is 14.5. The van der Waals surface area contributed by atoms with Crippen LogP contribution < -0.4 is 11.1 Å². The van der Waals surface area contributed by atoms with Crippen LogP contribution in [-0.4, -0.2) is 42.6 Å². The van der Waals surface area contributed by atoms with Crippen LogP contribution in [0.3, 0.4) is 0 Å². The van der Waals surface area contributed by atoms with Crippen LogP contribution in [0, 0.1) is 0 Å². The largest absolute Gasteiger partial charge is 0.364 e. The van der Waals surface area contributed by atoms with Crippen molar-refractivity contribution in [3.8, 4) is 0 Å². The molecule has 3 rings (SSSR count). The maximum absolute atomic E-state index is 12.1. The fourth-order valence-corrected chi connectivity index (χ4v) is 3.34. The Hall–Kier alpha value is -0.850. The maximum Gasteiger partial charge on any atom is 0.249 e. The molecule has 3 N–H and O–H groups in total. The molecule has 2 aliphatic heterocycles. The molecule has 0 bridgehead atoms. The van der Waals surface area contributed by atoms with Gasteiger partial charge < -0.3 is 15.8 Å². The number of hydrogen-bond donors (Lipinski definition) is 2. The first-order valence-corrected chi connectivity index (χ1v) is 8.68. The van der Waals surface area contributed by atoms with E-state index >= 15 is 0 Å². The second-order valence-electron chi connectivity index (χ2n) is 6.58. The number of nitrogens with one attached hydrogen (secondary N) is 1. The van der Waals surface area contributed by atoms with Crippen molar-refractivity contribution in [2.24, 2.45) is 5.73 Å². The lowest BCUT2D eigenvalue weighted by atomic mass is 10.1. The van der Waals surface area contributed by atoms with Crippen LogP contribution >= 0.6 is 24.8 Å². The van der Waals surface area contributed by atoms with Crippen LogP contribution in [-0.2, 0) is 22.6 Å². The smallest absolute Gasteiger partial charge is 0.249 e. The van der Waals surface area contributed by atoms with E-state index in [1.807, 2.05) is 0 Å². The van der Waals surface area contributed by atoms with Gasteiger partial charge in [0.2, 0.25) is 5.91 Å². The summed E-state index contributed by atoms with van der Waals surface area (Å²) in [5.41, 5.74) is 8.04. The molecule has 0 saturated carbocycles. The topological polar surface area (TPSA) is 67.6 Å². The van der Waals surface area contributed by atoms with Gasteiger partial charge in [0.15, 0.2) is 0 Å². The van der Waals surface area contributed by atoms with Gasteiger partial charge in [-0.2, -0.15) is 0 Å². The highest BCUT2D eigenvalue weighted by Crippen LogP contribution is 2.19. The van der Waals surface area contributed by atoms with Gasteiger partial charge >= 0.3 is 0 Å². The summed E-state index contributed by atoms with van der Waals surface area (Å²) in [5, 5.41) is 2.96. The van der Waals surface area contributed by atoms with Gasteiger partial charge in [0.25, 0.3) is 0 Å². The Morgan fingerprint density at radius 3 is 2.36 bits per heavy atom. The van der Waals surface area contributed by atoms with E-state index in [1.54, 1.807) is 0 Å². The highest BCUT2D eigenvalue weighted by atomic mass is 35.5. The van der Waals surface area contributed by atoms with Gasteiger partial charge in [-0.15, -0.1) is 24.8 Å². The van der Waals surface area contributed by atoms with Crippen molar-refractivity contribution in [2.45, 2.75) is 51.0 Å². The summed E-state index contributed by atoms with van der Waals surface area (Å²) in [6, 6.07) is 8.53. The molecule has 1 amide bonds. The predicted molar refractivity (Wildman–Crippen MR) is 104 cm³/mol. The van der Waals surface area contributed by atoms with Gasteiger partial charge in [0, 0.05) is 19.6 Å². The van der Waals surface area contributed by atoms with E-state index in [-0.39, 0.29) is 42.9 Å². The molecule has 5 nitrogen and oxygen atoms in total. The van der Waals surface area contributed by atoms with Crippen molar-refractivity contribution in [1.82, 2.24) is 10.2 Å². The minimum absolute atomic E-state index is 0. The van der Waals surface area contributed by atoms with Crippen LogP contribution in [0.15, 0.2) is 24.3 Å². The molecular formula is C18H29Cl2N3O2. The normalized spacial score (nSPS) is 22.9. The number of carbonyl (C=O) groups is 1. The van der Waals surface area contributed by atoms with Gasteiger partial charge in [-0.3, -0.25) is 9.69 Å². The molecule has 0 spiro atoms. The molecule has 1 aromatic rings. The third-order valence-corrected chi connectivity index (χ3v) is 4.76. The molecule has 1 aromatic carbocycles. The van der Waals surface area contributed by atoms with Gasteiger partial charge in [0.05, 0.1) is 6.10 Å². The summed E-state index contributed by atoms with van der Waals surface area (Å²) in [5.74, 6) is -0.0258. The summed E-state index contributed by atoms with van der Waals surface area (Å²) in [6.45, 7) is 4.49. The van der Waals surface area contributed by atoms with E-state index in [0.717, 1.165) is 24.9 Å². The average Bonchev–Trinajstić information content (AvgIpc) is 3.25. The first kappa shape index (κ1) is 22.2. The van der Waals surface area contributed by atoms with E-state index in [0.29, 0.717) is 13.1 Å². The maximum atomic E-state index is 12.1. The Morgan fingerprint density at radius 1 is 1.12 bits per heavy atom. The highest BCUT2D eigenvalue weighted by molar-refractivity contribution is 5.85. The second-order valence-corrected chi connectivity index (χ2v) is 6.58. The summed E-state index contributed by atoms with van der Waals surface area (Å²) in [6.07, 6.45) is 3.98. The van der Waals surface area contributed by atoms with E-state index in [4.69, 9.17) is 10.5 Å². The standard InChI is InChI=1S/C18H27N3O2.2ClH/c19-11-16-7-8-17(23-16)18(22)20-12-14-3-5-15(6-4-14)13-21-9-1-2-10-21;;/h3-6,16-17H,1-2,7-13,19H2,(H,20,22);2*1H/t16-,17+;;/m1../s1. The minimum atomic E-state index is -0.335. The number of nitrogens with two attached hydrogens (primary N) is 1. The lowest BCUT2D eigenvalue weighted by molar-refractivity contribution is -0.132. The molecule has 0 aromatic heterocycles. The van der Waals surface area contributed by atoms with E-state index in [1.165, 1.54) is 31.5 Å². The quantitative estimate of drug-likeness (QED) is 0.782. The van der Waals surface area contributed by atoms with Gasteiger partial charge in [0.1, 0.15) is 6.10 Å². The monoisotopic (exact) mass is 389 g/mol. The molecule has 25 heavy (non-hydrogen) atoms. The first-order chi connectivity index (χ1) is 11.2. The Labute approximate surface area is 162 Å². The minimum Gasteiger partial charge on any atom is -0.364 e. The van der Waals surface area contributed by atoms with Gasteiger partial charge in [-0.25, -0.2) is 0 Å². The Bertz CT molecular complexity index is 522. The molecule has 2 heterocycles. The van der Waals surface area contributed by atoms with Crippen LogP contribution in [0.25, 0.3) is 0 Å². The van der Waals surface area contributed by atoms with Crippen molar-refractivity contribution in [2.75, 3.05) is 19.6 Å². The van der Waals surface area contributed by atoms with Crippen molar-refractivity contribution in [1.29, 1.82) is 0 Å². The van der Waals surface area contributed by atoms with Crippen molar-refractivity contribution < 1.29 is 9.53 Å². The van der Waals surface area contributed by atoms with Crippen LogP contribution in [0.4, 0.5) is 0 Å². The number of amides is 1. The number of hydrogen-bond acceptors (Lipinski definition) is 4. The van der Waals surface area contributed by atoms with Crippen LogP contribution in [0.5, 0.6) is 0 Å². The summed E-state index contributed by atoms with van der Waals surface area (Å²) in [7, 11) is 0. The molecule has 0 radical (unpaired) electrons. The lowest BCUT2D eigenvalue weighted by Crippen LogP contribution is -2.35. The van der Waals surface area contributed by atoms with E-state index in [2.05, 4.69) is 34.5 Å².